The molecule has 0 aliphatic carbocycles. The summed E-state index contributed by atoms with van der Waals surface area (Å²) in [6.45, 7) is 5.28. The quantitative estimate of drug-likeness (QED) is 0.0653. The highest BCUT2D eigenvalue weighted by molar-refractivity contribution is 5.81. The van der Waals surface area contributed by atoms with Gasteiger partial charge in [0.05, 0.1) is 0 Å². The number of carbonyl (C=O) groups is 1. The SMILES string of the molecule is CCCCCCCCCCCCCCCCCC1(CCCCCCCCCCCCCCCC)COC1=O. The van der Waals surface area contributed by atoms with E-state index < -0.39 is 0 Å². The molecule has 1 aliphatic heterocycles. The van der Waals surface area contributed by atoms with Crippen molar-refractivity contribution in [2.75, 3.05) is 6.61 Å². The van der Waals surface area contributed by atoms with E-state index in [4.69, 9.17) is 4.74 Å². The van der Waals surface area contributed by atoms with Crippen LogP contribution >= 0.6 is 0 Å². The molecule has 0 N–H and O–H groups in total. The Hall–Kier alpha value is -0.530. The maximum absolute atomic E-state index is 12.3. The maximum Gasteiger partial charge on any atom is 0.315 e. The lowest BCUT2D eigenvalue weighted by Crippen LogP contribution is -2.48. The Labute approximate surface area is 240 Å². The molecule has 1 rings (SSSR count). The van der Waals surface area contributed by atoms with E-state index in [9.17, 15) is 4.79 Å². The van der Waals surface area contributed by atoms with E-state index in [1.165, 1.54) is 186 Å². The molecule has 0 radical (unpaired) electrons. The summed E-state index contributed by atoms with van der Waals surface area (Å²) < 4.78 is 5.25. The van der Waals surface area contributed by atoms with Gasteiger partial charge >= 0.3 is 5.97 Å². The molecule has 1 aliphatic rings. The predicted molar refractivity (Wildman–Crippen MR) is 168 cm³/mol. The lowest BCUT2D eigenvalue weighted by Gasteiger charge is -2.39. The normalized spacial score (nSPS) is 17.1. The molecule has 2 heteroatoms. The molecule has 0 bridgehead atoms. The van der Waals surface area contributed by atoms with Gasteiger partial charge in [-0.25, -0.2) is 0 Å². The van der Waals surface area contributed by atoms with Crippen molar-refractivity contribution >= 4 is 5.97 Å². The molecule has 226 valence electrons. The number of ether oxygens (including phenoxy) is 1. The molecule has 1 fully saturated rings. The number of unbranched alkanes of at least 4 members (excludes halogenated alkanes) is 27. The molecule has 0 aromatic rings. The number of carbonyl (C=O) groups excluding carboxylic acids is 1. The second kappa shape index (κ2) is 26.7. The third-order valence-electron chi connectivity index (χ3n) is 9.18. The largest absolute Gasteiger partial charge is 0.464 e. The lowest BCUT2D eigenvalue weighted by atomic mass is 9.75. The van der Waals surface area contributed by atoms with Crippen molar-refractivity contribution in [1.29, 1.82) is 0 Å². The van der Waals surface area contributed by atoms with Crippen molar-refractivity contribution in [3.8, 4) is 0 Å². The molecular formula is C36H70O2. The smallest absolute Gasteiger partial charge is 0.315 e. The van der Waals surface area contributed by atoms with E-state index in [1.54, 1.807) is 0 Å². The number of esters is 1. The molecule has 0 saturated carbocycles. The van der Waals surface area contributed by atoms with Crippen molar-refractivity contribution < 1.29 is 9.53 Å². The molecule has 38 heavy (non-hydrogen) atoms. The van der Waals surface area contributed by atoms with Crippen LogP contribution in [-0.2, 0) is 9.53 Å². The Kier molecular flexibility index (Phi) is 24.9. The van der Waals surface area contributed by atoms with Crippen LogP contribution in [0.4, 0.5) is 0 Å². The topological polar surface area (TPSA) is 26.3 Å². The predicted octanol–water partition coefficient (Wildman–Crippen LogP) is 12.7. The first-order valence-electron chi connectivity index (χ1n) is 17.9. The molecule has 0 aromatic carbocycles. The van der Waals surface area contributed by atoms with Crippen molar-refractivity contribution in [1.82, 2.24) is 0 Å². The van der Waals surface area contributed by atoms with Gasteiger partial charge in [-0.3, -0.25) is 4.79 Å². The first-order valence-corrected chi connectivity index (χ1v) is 17.9. The van der Waals surface area contributed by atoms with Crippen molar-refractivity contribution in [2.24, 2.45) is 5.41 Å². The third-order valence-corrected chi connectivity index (χ3v) is 9.18. The number of hydrogen-bond donors (Lipinski definition) is 0. The van der Waals surface area contributed by atoms with Gasteiger partial charge in [0.15, 0.2) is 0 Å². The molecule has 1 heterocycles. The highest BCUT2D eigenvalue weighted by Crippen LogP contribution is 2.40. The molecule has 0 spiro atoms. The Morgan fingerprint density at radius 2 is 0.658 bits per heavy atom. The zero-order valence-corrected chi connectivity index (χ0v) is 26.4. The molecule has 2 nitrogen and oxygen atoms in total. The average molecular weight is 535 g/mol. The zero-order valence-electron chi connectivity index (χ0n) is 26.4. The van der Waals surface area contributed by atoms with Crippen LogP contribution in [0.25, 0.3) is 0 Å². The number of hydrogen-bond acceptors (Lipinski definition) is 2. The van der Waals surface area contributed by atoms with Gasteiger partial charge in [-0.05, 0) is 12.8 Å². The molecule has 0 amide bonds. The van der Waals surface area contributed by atoms with E-state index in [1.807, 2.05) is 0 Å². The molecular weight excluding hydrogens is 464 g/mol. The zero-order chi connectivity index (χ0) is 27.4. The van der Waals surface area contributed by atoms with Gasteiger partial charge in [0.1, 0.15) is 12.0 Å². The summed E-state index contributed by atoms with van der Waals surface area (Å²) in [4.78, 5) is 12.3. The standard InChI is InChI=1S/C36H70O2/c1-3-5-7-9-11-13-15-17-19-21-23-25-27-29-31-33-36(34-38-35(36)37)32-30-28-26-24-22-20-18-16-14-12-10-8-6-4-2/h3-34H2,1-2H3. The minimum atomic E-state index is -0.104. The molecule has 1 unspecified atom stereocenters. The molecule has 1 saturated heterocycles. The summed E-state index contributed by atoms with van der Waals surface area (Å²) in [5.41, 5.74) is -0.104. The van der Waals surface area contributed by atoms with Crippen molar-refractivity contribution in [3.63, 3.8) is 0 Å². The first kappa shape index (κ1) is 35.5. The maximum atomic E-state index is 12.3. The van der Waals surface area contributed by atoms with Crippen LogP contribution in [0.5, 0.6) is 0 Å². The van der Waals surface area contributed by atoms with Crippen LogP contribution in [0, 0.1) is 5.41 Å². The second-order valence-corrected chi connectivity index (χ2v) is 12.9. The highest BCUT2D eigenvalue weighted by atomic mass is 16.6. The fraction of sp³-hybridized carbons (Fsp3) is 0.972. The molecule has 1 atom stereocenters. The number of cyclic esters (lactones) is 1. The number of rotatable bonds is 31. The summed E-state index contributed by atoms with van der Waals surface area (Å²) in [5.74, 6) is 0.109. The van der Waals surface area contributed by atoms with Crippen LogP contribution in [0.3, 0.4) is 0 Å². The summed E-state index contributed by atoms with van der Waals surface area (Å²) in [6.07, 6.45) is 42.6. The fourth-order valence-corrected chi connectivity index (χ4v) is 6.30. The second-order valence-electron chi connectivity index (χ2n) is 12.9. The van der Waals surface area contributed by atoms with Gasteiger partial charge in [0.25, 0.3) is 0 Å². The molecule has 0 aromatic heterocycles. The van der Waals surface area contributed by atoms with Gasteiger partial charge in [-0.15, -0.1) is 0 Å². The van der Waals surface area contributed by atoms with Crippen LogP contribution in [0.15, 0.2) is 0 Å². The fourth-order valence-electron chi connectivity index (χ4n) is 6.30. The highest BCUT2D eigenvalue weighted by Gasteiger charge is 2.47. The van der Waals surface area contributed by atoms with Gasteiger partial charge in [-0.2, -0.15) is 0 Å². The van der Waals surface area contributed by atoms with E-state index in [0.717, 1.165) is 12.8 Å². The summed E-state index contributed by atoms with van der Waals surface area (Å²) in [7, 11) is 0. The minimum Gasteiger partial charge on any atom is -0.464 e. The Bertz CT molecular complexity index is 502. The Morgan fingerprint density at radius 3 is 0.842 bits per heavy atom. The Morgan fingerprint density at radius 1 is 0.421 bits per heavy atom. The Balaban J connectivity index is 1.87. The lowest BCUT2D eigenvalue weighted by molar-refractivity contribution is -0.188. The van der Waals surface area contributed by atoms with E-state index >= 15 is 0 Å². The van der Waals surface area contributed by atoms with Crippen molar-refractivity contribution in [3.05, 3.63) is 0 Å². The van der Waals surface area contributed by atoms with E-state index in [-0.39, 0.29) is 11.4 Å². The van der Waals surface area contributed by atoms with Gasteiger partial charge in [-0.1, -0.05) is 200 Å². The summed E-state index contributed by atoms with van der Waals surface area (Å²) >= 11 is 0. The van der Waals surface area contributed by atoms with Crippen LogP contribution in [-0.4, -0.2) is 12.6 Å². The van der Waals surface area contributed by atoms with E-state index in [2.05, 4.69) is 13.8 Å². The summed E-state index contributed by atoms with van der Waals surface area (Å²) in [5, 5.41) is 0. The van der Waals surface area contributed by atoms with E-state index in [0.29, 0.717) is 6.61 Å². The van der Waals surface area contributed by atoms with Crippen LogP contribution < -0.4 is 0 Å². The van der Waals surface area contributed by atoms with Gasteiger partial charge in [0, 0.05) is 0 Å². The average Bonchev–Trinajstić information content (AvgIpc) is 2.93. The van der Waals surface area contributed by atoms with Crippen LogP contribution in [0.2, 0.25) is 0 Å². The van der Waals surface area contributed by atoms with Crippen molar-refractivity contribution in [2.45, 2.75) is 213 Å². The summed E-state index contributed by atoms with van der Waals surface area (Å²) in [6, 6.07) is 0. The first-order chi connectivity index (χ1) is 18.7. The monoisotopic (exact) mass is 535 g/mol. The third kappa shape index (κ3) is 19.5. The van der Waals surface area contributed by atoms with Gasteiger partial charge in [0.2, 0.25) is 0 Å². The van der Waals surface area contributed by atoms with Crippen LogP contribution in [0.1, 0.15) is 213 Å². The minimum absolute atomic E-state index is 0.104. The van der Waals surface area contributed by atoms with Gasteiger partial charge < -0.3 is 4.74 Å².